The van der Waals surface area contributed by atoms with Crippen LogP contribution >= 0.6 is 31.1 Å². The third-order valence-electron chi connectivity index (χ3n) is 2.51. The molecule has 0 fully saturated rings. The van der Waals surface area contributed by atoms with Gasteiger partial charge in [0.15, 0.2) is 10.2 Å². The molecule has 0 aromatic carbocycles. The predicted octanol–water partition coefficient (Wildman–Crippen LogP) is 4.45. The van der Waals surface area contributed by atoms with Gasteiger partial charge in [0.1, 0.15) is 0 Å². The van der Waals surface area contributed by atoms with Crippen LogP contribution in [0, 0.1) is 10.8 Å². The van der Waals surface area contributed by atoms with Crippen LogP contribution in [0.2, 0.25) is 0 Å². The number of rotatable bonds is 8. The molecule has 0 N–H and O–H groups in total. The van der Waals surface area contributed by atoms with Gasteiger partial charge in [0.25, 0.3) is 0 Å². The van der Waals surface area contributed by atoms with Crippen molar-refractivity contribution in [2.45, 2.75) is 41.5 Å². The van der Waals surface area contributed by atoms with Crippen LogP contribution in [0.5, 0.6) is 0 Å². The maximum atomic E-state index is 12.1. The highest BCUT2D eigenvalue weighted by atomic mass is 32.2. The number of hydrogen-bond donors (Lipinski definition) is 0. The Morgan fingerprint density at radius 1 is 0.826 bits per heavy atom. The fraction of sp³-hybridized carbons (Fsp3) is 0.867. The second-order valence-corrected chi connectivity index (χ2v) is 11.4. The zero-order valence-electron chi connectivity index (χ0n) is 15.1. The molecule has 0 aliphatic rings. The lowest BCUT2D eigenvalue weighted by Gasteiger charge is -2.17. The first-order valence-electron chi connectivity index (χ1n) is 7.47. The van der Waals surface area contributed by atoms with Crippen LogP contribution in [0.3, 0.4) is 0 Å². The van der Waals surface area contributed by atoms with Crippen molar-refractivity contribution in [2.75, 3.05) is 31.4 Å². The first-order valence-corrected chi connectivity index (χ1v) is 11.4. The second kappa shape index (κ2) is 9.62. The molecule has 0 amide bonds. The van der Waals surface area contributed by atoms with E-state index in [1.54, 1.807) is 0 Å². The smallest absolute Gasteiger partial charge is 0.308 e. The average molecular weight is 385 g/mol. The highest BCUT2D eigenvalue weighted by Crippen LogP contribution is 2.44. The Morgan fingerprint density at radius 3 is 1.39 bits per heavy atom. The largest absolute Gasteiger partial charge is 0.327 e. The van der Waals surface area contributed by atoms with Gasteiger partial charge in [0.05, 0.1) is 13.2 Å². The van der Waals surface area contributed by atoms with Gasteiger partial charge in [-0.25, -0.2) is 0 Å². The standard InChI is InChI=1S/C15H29O5PS2/c1-14(2,3)12(16)22-10-8-19-21(7,18)20-9-11-23-13(17)15(4,5)6/h8-11H2,1-7H3. The SMILES string of the molecule is CC(C)(C)C(=O)SCCOP(C)(=O)OCCSC(=O)C(C)(C)C. The third-order valence-corrected chi connectivity index (χ3v) is 6.30. The molecule has 8 heteroatoms. The summed E-state index contributed by atoms with van der Waals surface area (Å²) in [5.74, 6) is 0.878. The van der Waals surface area contributed by atoms with Crippen LogP contribution in [-0.4, -0.2) is 41.6 Å². The summed E-state index contributed by atoms with van der Waals surface area (Å²) in [5, 5.41) is 0.148. The quantitative estimate of drug-likeness (QED) is 0.452. The molecule has 0 atom stereocenters. The van der Waals surface area contributed by atoms with Crippen molar-refractivity contribution in [2.24, 2.45) is 10.8 Å². The summed E-state index contributed by atoms with van der Waals surface area (Å²) in [4.78, 5) is 23.4. The first kappa shape index (κ1) is 23.2. The van der Waals surface area contributed by atoms with Crippen LogP contribution < -0.4 is 0 Å². The maximum Gasteiger partial charge on any atom is 0.327 e. The van der Waals surface area contributed by atoms with Gasteiger partial charge in [-0.3, -0.25) is 14.2 Å². The highest BCUT2D eigenvalue weighted by Gasteiger charge is 2.23. The minimum atomic E-state index is -3.14. The molecular formula is C15H29O5PS2. The van der Waals surface area contributed by atoms with E-state index in [-0.39, 0.29) is 23.4 Å². The Bertz CT molecular complexity index is 414. The normalized spacial score (nSPS) is 13.2. The molecule has 0 saturated heterocycles. The fourth-order valence-corrected chi connectivity index (χ4v) is 3.88. The molecule has 0 aromatic rings. The molecule has 5 nitrogen and oxygen atoms in total. The zero-order valence-corrected chi connectivity index (χ0v) is 17.7. The number of thioether (sulfide) groups is 2. The van der Waals surface area contributed by atoms with E-state index in [1.165, 1.54) is 30.2 Å². The molecular weight excluding hydrogens is 355 g/mol. The lowest BCUT2D eigenvalue weighted by atomic mass is 9.99. The summed E-state index contributed by atoms with van der Waals surface area (Å²) in [6.45, 7) is 12.9. The van der Waals surface area contributed by atoms with Crippen molar-refractivity contribution < 1.29 is 23.2 Å². The summed E-state index contributed by atoms with van der Waals surface area (Å²) in [7, 11) is -3.14. The Labute approximate surface area is 148 Å². The van der Waals surface area contributed by atoms with Crippen LogP contribution in [0.25, 0.3) is 0 Å². The average Bonchev–Trinajstić information content (AvgIpc) is 2.37. The fourth-order valence-electron chi connectivity index (χ4n) is 1.15. The maximum absolute atomic E-state index is 12.1. The molecule has 0 aromatic heterocycles. The molecule has 0 spiro atoms. The van der Waals surface area contributed by atoms with Gasteiger partial charge in [-0.1, -0.05) is 65.1 Å². The van der Waals surface area contributed by atoms with Gasteiger partial charge >= 0.3 is 7.60 Å². The van der Waals surface area contributed by atoms with E-state index in [1.807, 2.05) is 41.5 Å². The van der Waals surface area contributed by atoms with Crippen molar-refractivity contribution in [1.82, 2.24) is 0 Å². The van der Waals surface area contributed by atoms with Crippen molar-refractivity contribution in [1.29, 1.82) is 0 Å². The van der Waals surface area contributed by atoms with Gasteiger partial charge in [-0.2, -0.15) is 0 Å². The minimum absolute atomic E-state index is 0.0741. The van der Waals surface area contributed by atoms with Crippen LogP contribution in [0.4, 0.5) is 0 Å². The Morgan fingerprint density at radius 2 is 1.13 bits per heavy atom. The molecule has 0 unspecified atom stereocenters. The van der Waals surface area contributed by atoms with E-state index < -0.39 is 18.4 Å². The van der Waals surface area contributed by atoms with E-state index in [4.69, 9.17) is 9.05 Å². The zero-order chi connectivity index (χ0) is 18.3. The van der Waals surface area contributed by atoms with Crippen LogP contribution in [-0.2, 0) is 23.2 Å². The monoisotopic (exact) mass is 384 g/mol. The van der Waals surface area contributed by atoms with Gasteiger partial charge in [-0.15, -0.1) is 0 Å². The summed E-state index contributed by atoms with van der Waals surface area (Å²) in [6.07, 6.45) is 0. The molecule has 23 heavy (non-hydrogen) atoms. The lowest BCUT2D eigenvalue weighted by Crippen LogP contribution is -2.17. The van der Waals surface area contributed by atoms with Crippen molar-refractivity contribution >= 4 is 41.4 Å². The van der Waals surface area contributed by atoms with E-state index >= 15 is 0 Å². The number of hydrogen-bond acceptors (Lipinski definition) is 7. The lowest BCUT2D eigenvalue weighted by molar-refractivity contribution is -0.118. The Balaban J connectivity index is 3.92. The summed E-state index contributed by atoms with van der Waals surface area (Å²) >= 11 is 2.34. The van der Waals surface area contributed by atoms with E-state index in [0.29, 0.717) is 11.5 Å². The van der Waals surface area contributed by atoms with Gasteiger partial charge in [-0.05, 0) is 0 Å². The molecule has 0 radical (unpaired) electrons. The van der Waals surface area contributed by atoms with E-state index in [0.717, 1.165) is 0 Å². The molecule has 0 aliphatic carbocycles. The summed E-state index contributed by atoms with van der Waals surface area (Å²) in [6, 6.07) is 0. The van der Waals surface area contributed by atoms with Crippen molar-refractivity contribution in [3.05, 3.63) is 0 Å². The number of carbonyl (C=O) groups is 2. The van der Waals surface area contributed by atoms with E-state index in [2.05, 4.69) is 0 Å². The summed E-state index contributed by atoms with van der Waals surface area (Å²) < 4.78 is 22.5. The van der Waals surface area contributed by atoms with Gasteiger partial charge < -0.3 is 9.05 Å². The molecule has 0 rings (SSSR count). The first-order chi connectivity index (χ1) is 10.3. The van der Waals surface area contributed by atoms with E-state index in [9.17, 15) is 14.2 Å². The molecule has 0 aliphatic heterocycles. The van der Waals surface area contributed by atoms with Gasteiger partial charge in [0, 0.05) is 29.0 Å². The minimum Gasteiger partial charge on any atom is -0.308 e. The van der Waals surface area contributed by atoms with Crippen molar-refractivity contribution in [3.63, 3.8) is 0 Å². The van der Waals surface area contributed by atoms with Crippen LogP contribution in [0.15, 0.2) is 0 Å². The van der Waals surface area contributed by atoms with Gasteiger partial charge in [0.2, 0.25) is 0 Å². The molecule has 0 heterocycles. The predicted molar refractivity (Wildman–Crippen MR) is 99.3 cm³/mol. The summed E-state index contributed by atoms with van der Waals surface area (Å²) in [5.41, 5.74) is -0.790. The number of carbonyl (C=O) groups excluding carboxylic acids is 2. The van der Waals surface area contributed by atoms with Crippen molar-refractivity contribution in [3.8, 4) is 0 Å². The highest BCUT2D eigenvalue weighted by molar-refractivity contribution is 8.14. The Hall–Kier alpha value is 0.190. The third kappa shape index (κ3) is 11.4. The van der Waals surface area contributed by atoms with Crippen LogP contribution in [0.1, 0.15) is 41.5 Å². The Kier molecular flexibility index (Phi) is 9.70. The second-order valence-electron chi connectivity index (χ2n) is 7.21. The molecule has 0 bridgehead atoms. The topological polar surface area (TPSA) is 69.7 Å². The molecule has 0 saturated carbocycles. The molecule has 136 valence electrons.